The minimum Gasteiger partial charge on any atom is -0.478 e. The fourth-order valence-corrected chi connectivity index (χ4v) is 1.69. The molecule has 1 saturated heterocycles. The summed E-state index contributed by atoms with van der Waals surface area (Å²) in [6.45, 7) is 2.41. The van der Waals surface area contributed by atoms with Crippen molar-refractivity contribution < 1.29 is 14.6 Å². The Balaban J connectivity index is 2.41. The number of aryl methyl sites for hydroxylation is 1. The first-order chi connectivity index (χ1) is 7.18. The van der Waals surface area contributed by atoms with Crippen LogP contribution in [0.2, 0.25) is 0 Å². The lowest BCUT2D eigenvalue weighted by molar-refractivity contribution is 0.0678. The predicted molar refractivity (Wildman–Crippen MR) is 51.7 cm³/mol. The topological polar surface area (TPSA) is 72.3 Å². The first kappa shape index (κ1) is 10.0. The van der Waals surface area contributed by atoms with Crippen molar-refractivity contribution in [1.82, 2.24) is 9.97 Å². The van der Waals surface area contributed by atoms with Crippen LogP contribution in [0.4, 0.5) is 0 Å². The number of nitrogens with zero attached hydrogens (tertiary/aromatic N) is 2. The van der Waals surface area contributed by atoms with Gasteiger partial charge >= 0.3 is 5.97 Å². The summed E-state index contributed by atoms with van der Waals surface area (Å²) in [5, 5.41) is 8.98. The van der Waals surface area contributed by atoms with Crippen LogP contribution in [0, 0.1) is 6.92 Å². The molecule has 1 atom stereocenters. The summed E-state index contributed by atoms with van der Waals surface area (Å²) >= 11 is 0. The van der Waals surface area contributed by atoms with Crippen LogP contribution in [0.3, 0.4) is 0 Å². The zero-order chi connectivity index (χ0) is 10.8. The number of rotatable bonds is 2. The minimum absolute atomic E-state index is 0.146. The lowest BCUT2D eigenvalue weighted by atomic mass is 10.1. The Morgan fingerprint density at radius 3 is 3.07 bits per heavy atom. The molecule has 0 radical (unpaired) electrons. The Labute approximate surface area is 87.1 Å². The summed E-state index contributed by atoms with van der Waals surface area (Å²) in [5.74, 6) is -0.425. The van der Waals surface area contributed by atoms with E-state index in [-0.39, 0.29) is 11.7 Å². The van der Waals surface area contributed by atoms with Gasteiger partial charge < -0.3 is 9.84 Å². The third-order valence-electron chi connectivity index (χ3n) is 2.40. The molecule has 0 saturated carbocycles. The van der Waals surface area contributed by atoms with Gasteiger partial charge in [-0.1, -0.05) is 0 Å². The zero-order valence-corrected chi connectivity index (χ0v) is 8.43. The van der Waals surface area contributed by atoms with Crippen molar-refractivity contribution >= 4 is 5.97 Å². The van der Waals surface area contributed by atoms with Crippen LogP contribution < -0.4 is 0 Å². The molecular formula is C10H12N2O3. The quantitative estimate of drug-likeness (QED) is 0.793. The average Bonchev–Trinajstić information content (AvgIpc) is 2.69. The molecular weight excluding hydrogens is 196 g/mol. The van der Waals surface area contributed by atoms with Crippen molar-refractivity contribution in [2.24, 2.45) is 0 Å². The summed E-state index contributed by atoms with van der Waals surface area (Å²) in [4.78, 5) is 19.0. The minimum atomic E-state index is -1.000. The van der Waals surface area contributed by atoms with Gasteiger partial charge in [0.05, 0.1) is 5.69 Å². The highest BCUT2D eigenvalue weighted by Gasteiger charge is 2.25. The van der Waals surface area contributed by atoms with E-state index in [4.69, 9.17) is 9.84 Å². The molecule has 0 aliphatic carbocycles. The number of aromatic nitrogens is 2. The molecule has 5 heteroatoms. The molecule has 1 aliphatic heterocycles. The molecule has 0 aromatic carbocycles. The molecule has 0 spiro atoms. The lowest BCUT2D eigenvalue weighted by Crippen LogP contribution is -2.11. The second-order valence-electron chi connectivity index (χ2n) is 3.52. The molecule has 5 nitrogen and oxygen atoms in total. The third kappa shape index (κ3) is 1.97. The average molecular weight is 208 g/mol. The molecule has 2 heterocycles. The van der Waals surface area contributed by atoms with Crippen LogP contribution in [0.15, 0.2) is 6.20 Å². The molecule has 1 aliphatic rings. The van der Waals surface area contributed by atoms with Gasteiger partial charge in [0.1, 0.15) is 17.5 Å². The molecule has 1 aromatic heterocycles. The number of carboxylic acids is 1. The molecule has 80 valence electrons. The number of ether oxygens (including phenoxy) is 1. The van der Waals surface area contributed by atoms with E-state index in [9.17, 15) is 4.79 Å². The highest BCUT2D eigenvalue weighted by Crippen LogP contribution is 2.29. The molecule has 2 rings (SSSR count). The largest absolute Gasteiger partial charge is 0.478 e. The highest BCUT2D eigenvalue weighted by atomic mass is 16.5. The van der Waals surface area contributed by atoms with Crippen LogP contribution in [0.25, 0.3) is 0 Å². The second-order valence-corrected chi connectivity index (χ2v) is 3.52. The first-order valence-electron chi connectivity index (χ1n) is 4.87. The number of aromatic carboxylic acids is 1. The molecule has 0 amide bonds. The van der Waals surface area contributed by atoms with Crippen LogP contribution in [0.1, 0.15) is 40.8 Å². The normalized spacial score (nSPS) is 20.5. The number of carbonyl (C=O) groups is 1. The van der Waals surface area contributed by atoms with Crippen LogP contribution in [-0.2, 0) is 4.74 Å². The van der Waals surface area contributed by atoms with E-state index in [1.54, 1.807) is 6.92 Å². The van der Waals surface area contributed by atoms with Crippen LogP contribution >= 0.6 is 0 Å². The van der Waals surface area contributed by atoms with E-state index < -0.39 is 5.97 Å². The number of hydrogen-bond acceptors (Lipinski definition) is 4. The maximum atomic E-state index is 11.0. The van der Waals surface area contributed by atoms with Crippen molar-refractivity contribution in [3.05, 3.63) is 23.3 Å². The smallest absolute Gasteiger partial charge is 0.339 e. The van der Waals surface area contributed by atoms with Gasteiger partial charge in [0.25, 0.3) is 0 Å². The monoisotopic (exact) mass is 208 g/mol. The summed E-state index contributed by atoms with van der Waals surface area (Å²) in [6.07, 6.45) is 2.95. The maximum absolute atomic E-state index is 11.0. The van der Waals surface area contributed by atoms with Crippen LogP contribution in [0.5, 0.6) is 0 Å². The Kier molecular flexibility index (Phi) is 2.64. The summed E-state index contributed by atoms with van der Waals surface area (Å²) in [6, 6.07) is 0. The maximum Gasteiger partial charge on any atom is 0.339 e. The molecule has 1 fully saturated rings. The van der Waals surface area contributed by atoms with Gasteiger partial charge in [-0.25, -0.2) is 14.8 Å². The van der Waals surface area contributed by atoms with Crippen molar-refractivity contribution in [2.75, 3.05) is 6.61 Å². The Hall–Kier alpha value is -1.49. The zero-order valence-electron chi connectivity index (χ0n) is 8.43. The van der Waals surface area contributed by atoms with Gasteiger partial charge in [-0.15, -0.1) is 0 Å². The Bertz CT molecular complexity index is 386. The van der Waals surface area contributed by atoms with Gasteiger partial charge in [-0.3, -0.25) is 0 Å². The van der Waals surface area contributed by atoms with Crippen LogP contribution in [-0.4, -0.2) is 27.7 Å². The highest BCUT2D eigenvalue weighted by molar-refractivity contribution is 5.88. The van der Waals surface area contributed by atoms with Crippen molar-refractivity contribution in [3.63, 3.8) is 0 Å². The number of hydrogen-bond donors (Lipinski definition) is 1. The molecule has 1 N–H and O–H groups in total. The summed E-state index contributed by atoms with van der Waals surface area (Å²) in [7, 11) is 0. The Morgan fingerprint density at radius 2 is 2.47 bits per heavy atom. The van der Waals surface area contributed by atoms with Gasteiger partial charge in [0.15, 0.2) is 0 Å². The molecule has 0 bridgehead atoms. The third-order valence-corrected chi connectivity index (χ3v) is 2.40. The van der Waals surface area contributed by atoms with E-state index in [1.807, 2.05) is 0 Å². The summed E-state index contributed by atoms with van der Waals surface area (Å²) in [5.41, 5.74) is 0.653. The number of carboxylic acid groups (broad SMARTS) is 1. The van der Waals surface area contributed by atoms with Gasteiger partial charge in [-0.05, 0) is 19.8 Å². The van der Waals surface area contributed by atoms with E-state index in [1.165, 1.54) is 6.20 Å². The van der Waals surface area contributed by atoms with E-state index in [0.717, 1.165) is 12.8 Å². The standard InChI is InChI=1S/C10H12N2O3/c1-6-11-5-7(10(13)14)9(12-6)8-3-2-4-15-8/h5,8H,2-4H2,1H3,(H,13,14). The van der Waals surface area contributed by atoms with Gasteiger partial charge in [0, 0.05) is 12.8 Å². The van der Waals surface area contributed by atoms with E-state index in [0.29, 0.717) is 18.1 Å². The van der Waals surface area contributed by atoms with Crippen molar-refractivity contribution in [1.29, 1.82) is 0 Å². The molecule has 1 aromatic rings. The first-order valence-corrected chi connectivity index (χ1v) is 4.87. The van der Waals surface area contributed by atoms with E-state index >= 15 is 0 Å². The fraction of sp³-hybridized carbons (Fsp3) is 0.500. The van der Waals surface area contributed by atoms with E-state index in [2.05, 4.69) is 9.97 Å². The second kappa shape index (κ2) is 3.94. The predicted octanol–water partition coefficient (Wildman–Crippen LogP) is 1.33. The Morgan fingerprint density at radius 1 is 1.67 bits per heavy atom. The molecule has 1 unspecified atom stereocenters. The van der Waals surface area contributed by atoms with Gasteiger partial charge in [0.2, 0.25) is 0 Å². The van der Waals surface area contributed by atoms with Crippen molar-refractivity contribution in [2.45, 2.75) is 25.9 Å². The van der Waals surface area contributed by atoms with Gasteiger partial charge in [-0.2, -0.15) is 0 Å². The lowest BCUT2D eigenvalue weighted by Gasteiger charge is -2.11. The molecule has 15 heavy (non-hydrogen) atoms. The fourth-order valence-electron chi connectivity index (χ4n) is 1.69. The SMILES string of the molecule is Cc1ncc(C(=O)O)c(C2CCCO2)n1. The summed E-state index contributed by atoms with van der Waals surface area (Å²) < 4.78 is 5.43. The van der Waals surface area contributed by atoms with Crippen molar-refractivity contribution in [3.8, 4) is 0 Å².